The Bertz CT molecular complexity index is 317. The minimum Gasteiger partial charge on any atom is -0.385 e. The van der Waals surface area contributed by atoms with Gasteiger partial charge in [-0.25, -0.2) is 0 Å². The highest BCUT2D eigenvalue weighted by Gasteiger charge is 2.11. The zero-order chi connectivity index (χ0) is 15.1. The highest BCUT2D eigenvalue weighted by Crippen LogP contribution is 2.05. The van der Waals surface area contributed by atoms with Crippen LogP contribution in [-0.4, -0.2) is 38.4 Å². The molecule has 1 aliphatic rings. The predicted molar refractivity (Wildman–Crippen MR) is 74.4 cm³/mol. The van der Waals surface area contributed by atoms with Gasteiger partial charge < -0.3 is 21.5 Å². The van der Waals surface area contributed by atoms with E-state index in [0.717, 1.165) is 19.4 Å². The average Bonchev–Trinajstić information content (AvgIpc) is 2.43. The summed E-state index contributed by atoms with van der Waals surface area (Å²) in [6.45, 7) is 2.87. The minimum absolute atomic E-state index is 0.176. The van der Waals surface area contributed by atoms with Crippen molar-refractivity contribution in [3.63, 3.8) is 0 Å². The van der Waals surface area contributed by atoms with E-state index in [9.17, 15) is 4.79 Å². The fraction of sp³-hybridized carbons (Fsp3) is 0.583. The Labute approximate surface area is 114 Å². The summed E-state index contributed by atoms with van der Waals surface area (Å²) < 4.78 is 5.24. The average molecular weight is 269 g/mol. The van der Waals surface area contributed by atoms with Gasteiger partial charge >= 0.3 is 0 Å². The van der Waals surface area contributed by atoms with Crippen molar-refractivity contribution in [1.82, 2.24) is 5.32 Å². The highest BCUT2D eigenvalue weighted by molar-refractivity contribution is 6.11. The lowest BCUT2D eigenvalue weighted by atomic mass is 10.1. The van der Waals surface area contributed by atoms with Crippen LogP contribution >= 0.6 is 0 Å². The first kappa shape index (κ1) is 19.4. The van der Waals surface area contributed by atoms with Gasteiger partial charge in [-0.1, -0.05) is 0 Å². The first-order valence-corrected chi connectivity index (χ1v) is 5.87. The van der Waals surface area contributed by atoms with Crippen LogP contribution in [0.3, 0.4) is 0 Å². The molecule has 1 unspecified atom stereocenters. The van der Waals surface area contributed by atoms with E-state index in [2.05, 4.69) is 11.1 Å². The molecular formula is C12H23N5O2. The van der Waals surface area contributed by atoms with Crippen molar-refractivity contribution in [3.8, 4) is 6.07 Å². The van der Waals surface area contributed by atoms with Gasteiger partial charge in [-0.2, -0.15) is 5.26 Å². The van der Waals surface area contributed by atoms with Crippen LogP contribution in [0.4, 0.5) is 0 Å². The van der Waals surface area contributed by atoms with Crippen molar-refractivity contribution in [1.29, 1.82) is 10.7 Å². The largest absolute Gasteiger partial charge is 0.385 e. The smallest absolute Gasteiger partial charge is 0.155 e. The van der Waals surface area contributed by atoms with Crippen molar-refractivity contribution in [2.24, 2.45) is 11.5 Å². The first-order valence-electron chi connectivity index (χ1n) is 5.87. The second-order valence-electron chi connectivity index (χ2n) is 3.44. The second-order valence-corrected chi connectivity index (χ2v) is 3.44. The zero-order valence-electron chi connectivity index (χ0n) is 11.5. The van der Waals surface area contributed by atoms with E-state index in [4.69, 9.17) is 21.1 Å². The number of hydrogen-bond acceptors (Lipinski definition) is 6. The lowest BCUT2D eigenvalue weighted by Gasteiger charge is -2.22. The summed E-state index contributed by atoms with van der Waals surface area (Å²) in [7, 11) is 1.50. The predicted octanol–water partition coefficient (Wildman–Crippen LogP) is -0.121. The van der Waals surface area contributed by atoms with Crippen LogP contribution in [0.25, 0.3) is 0 Å². The third kappa shape index (κ3) is 10.9. The van der Waals surface area contributed by atoms with Crippen molar-refractivity contribution in [2.45, 2.75) is 25.8 Å². The minimum atomic E-state index is -0.218. The molecule has 0 aliphatic carbocycles. The molecule has 0 amide bonds. The number of rotatable bonds is 4. The van der Waals surface area contributed by atoms with Gasteiger partial charge in [-0.15, -0.1) is 0 Å². The molecule has 1 heterocycles. The maximum Gasteiger partial charge on any atom is 0.155 e. The molecule has 0 aromatic carbocycles. The summed E-state index contributed by atoms with van der Waals surface area (Å²) in [6, 6.07) is 1.97. The quantitative estimate of drug-likeness (QED) is 0.243. The maximum absolute atomic E-state index is 10.5. The summed E-state index contributed by atoms with van der Waals surface area (Å²) in [6.07, 6.45) is 4.08. The summed E-state index contributed by atoms with van der Waals surface area (Å²) in [5.74, 6) is -0.218. The molecule has 1 saturated heterocycles. The molecular weight excluding hydrogens is 246 g/mol. The summed E-state index contributed by atoms with van der Waals surface area (Å²) in [5, 5.41) is 17.4. The number of nitriles is 1. The molecule has 0 spiro atoms. The van der Waals surface area contributed by atoms with Crippen LogP contribution in [0.15, 0.2) is 11.8 Å². The van der Waals surface area contributed by atoms with Crippen molar-refractivity contribution < 1.29 is 9.53 Å². The zero-order valence-corrected chi connectivity index (χ0v) is 11.5. The van der Waals surface area contributed by atoms with Gasteiger partial charge in [0.15, 0.2) is 6.29 Å². The summed E-state index contributed by atoms with van der Waals surface area (Å²) in [5.41, 5.74) is 9.85. The van der Waals surface area contributed by atoms with E-state index in [-0.39, 0.29) is 17.5 Å². The normalized spacial score (nSPS) is 17.6. The molecule has 1 rings (SSSR count). The van der Waals surface area contributed by atoms with E-state index in [1.807, 2.05) is 0 Å². The molecule has 0 aromatic heterocycles. The van der Waals surface area contributed by atoms with Crippen molar-refractivity contribution in [2.75, 3.05) is 20.3 Å². The molecule has 19 heavy (non-hydrogen) atoms. The Hall–Kier alpha value is -1.91. The van der Waals surface area contributed by atoms with E-state index in [1.54, 1.807) is 6.07 Å². The third-order valence-corrected chi connectivity index (χ3v) is 2.07. The monoisotopic (exact) mass is 269 g/mol. The second kappa shape index (κ2) is 14.2. The summed E-state index contributed by atoms with van der Waals surface area (Å²) in [4.78, 5) is 10.5. The highest BCUT2D eigenvalue weighted by atomic mass is 16.5. The van der Waals surface area contributed by atoms with Crippen molar-refractivity contribution in [3.05, 3.63) is 11.8 Å². The van der Waals surface area contributed by atoms with E-state index >= 15 is 0 Å². The Balaban J connectivity index is 0. The van der Waals surface area contributed by atoms with Crippen LogP contribution in [-0.2, 0) is 9.53 Å². The lowest BCUT2D eigenvalue weighted by Crippen LogP contribution is -2.34. The number of nitrogens with zero attached hydrogens (tertiary/aromatic N) is 1. The number of ether oxygens (including phenoxy) is 1. The van der Waals surface area contributed by atoms with Gasteiger partial charge in [-0.3, -0.25) is 10.2 Å². The maximum atomic E-state index is 10.5. The fourth-order valence-corrected chi connectivity index (χ4v) is 1.26. The fourth-order valence-electron chi connectivity index (χ4n) is 1.26. The molecule has 1 fully saturated rings. The molecule has 0 bridgehead atoms. The molecule has 1 atom stereocenters. The molecule has 1 aliphatic heterocycles. The number of amidine groups is 1. The Morgan fingerprint density at radius 1 is 1.58 bits per heavy atom. The number of aldehydes is 1. The number of nitrogens with two attached hydrogens (primary N) is 2. The third-order valence-electron chi connectivity index (χ3n) is 2.07. The molecule has 0 aromatic rings. The number of nitrogens with one attached hydrogen (secondary N) is 2. The number of hydrogen-bond donors (Lipinski definition) is 4. The molecule has 108 valence electrons. The number of carbonyl (C=O) groups excluding carboxylic acids is 1. The molecule has 7 heteroatoms. The van der Waals surface area contributed by atoms with Crippen LogP contribution in [0.1, 0.15) is 19.8 Å². The molecule has 6 N–H and O–H groups in total. The van der Waals surface area contributed by atoms with E-state index < -0.39 is 0 Å². The van der Waals surface area contributed by atoms with Gasteiger partial charge in [0, 0.05) is 25.8 Å². The van der Waals surface area contributed by atoms with Gasteiger partial charge in [-0.05, 0) is 19.9 Å². The number of carbonyl (C=O) groups is 1. The Morgan fingerprint density at radius 2 is 2.16 bits per heavy atom. The van der Waals surface area contributed by atoms with Crippen molar-refractivity contribution >= 4 is 12.1 Å². The van der Waals surface area contributed by atoms with Crippen LogP contribution in [0, 0.1) is 16.7 Å². The Kier molecular flexibility index (Phi) is 14.5. The van der Waals surface area contributed by atoms with Crippen LogP contribution in [0.5, 0.6) is 0 Å². The van der Waals surface area contributed by atoms with Crippen LogP contribution < -0.4 is 16.8 Å². The SMILES string of the molecule is CC#N.CN.N=C(N)/C(C=O)=C\NC1CCCOC1. The van der Waals surface area contributed by atoms with E-state index in [0.29, 0.717) is 12.9 Å². The molecule has 0 saturated carbocycles. The summed E-state index contributed by atoms with van der Waals surface area (Å²) >= 11 is 0. The molecule has 0 radical (unpaired) electrons. The topological polar surface area (TPSA) is 138 Å². The van der Waals surface area contributed by atoms with Gasteiger partial charge in [0.05, 0.1) is 18.2 Å². The van der Waals surface area contributed by atoms with Gasteiger partial charge in [0.2, 0.25) is 0 Å². The standard InChI is InChI=1S/C9H15N3O2.C2H3N.CH5N/c10-9(11)7(5-13)4-12-8-2-1-3-14-6-8;1-2-3;1-2/h4-5,8,12H,1-3,6H2,(H3,10,11);1H3;2H2,1H3/b7-4-;;. The van der Waals surface area contributed by atoms with Crippen LogP contribution in [0.2, 0.25) is 0 Å². The van der Waals surface area contributed by atoms with Gasteiger partial charge in [0.25, 0.3) is 0 Å². The Morgan fingerprint density at radius 3 is 2.53 bits per heavy atom. The first-order chi connectivity index (χ1) is 9.15. The lowest BCUT2D eigenvalue weighted by molar-refractivity contribution is -0.104. The van der Waals surface area contributed by atoms with E-state index in [1.165, 1.54) is 20.2 Å². The van der Waals surface area contributed by atoms with Gasteiger partial charge in [0.1, 0.15) is 5.84 Å². The molecule has 7 nitrogen and oxygen atoms in total.